The molecule has 1 spiro atoms. The molecule has 6 rings (SSSR count). The number of ether oxygens (including phenoxy) is 2. The number of nitrogens with one attached hydrogen (secondary N) is 1. The van der Waals surface area contributed by atoms with Gasteiger partial charge in [-0.2, -0.15) is 0 Å². The van der Waals surface area contributed by atoms with Crippen molar-refractivity contribution in [3.63, 3.8) is 0 Å². The van der Waals surface area contributed by atoms with E-state index in [0.29, 0.717) is 17.1 Å². The number of benzene rings is 4. The zero-order chi connectivity index (χ0) is 24.2. The summed E-state index contributed by atoms with van der Waals surface area (Å²) < 4.78 is 12.7. The summed E-state index contributed by atoms with van der Waals surface area (Å²) in [6, 6.07) is 30.1. The number of esters is 1. The Hall–Kier alpha value is -4.25. The average molecular weight is 463 g/mol. The highest BCUT2D eigenvalue weighted by atomic mass is 16.6. The molecule has 4 aromatic rings. The Balaban J connectivity index is 1.52. The van der Waals surface area contributed by atoms with Gasteiger partial charge in [0.15, 0.2) is 5.60 Å². The second kappa shape index (κ2) is 7.91. The van der Waals surface area contributed by atoms with E-state index in [1.807, 2.05) is 97.9 Å². The van der Waals surface area contributed by atoms with E-state index in [9.17, 15) is 4.79 Å². The van der Waals surface area contributed by atoms with Crippen LogP contribution in [0.3, 0.4) is 0 Å². The molecule has 35 heavy (non-hydrogen) atoms. The van der Waals surface area contributed by atoms with Gasteiger partial charge in [-0.1, -0.05) is 48.5 Å². The van der Waals surface area contributed by atoms with E-state index in [2.05, 4.69) is 24.4 Å². The molecule has 2 atom stereocenters. The Kier molecular flexibility index (Phi) is 4.81. The van der Waals surface area contributed by atoms with Crippen molar-refractivity contribution >= 4 is 17.3 Å². The monoisotopic (exact) mass is 462 g/mol. The number of carbonyl (C=O) groups is 1. The van der Waals surface area contributed by atoms with Crippen molar-refractivity contribution in [2.45, 2.75) is 18.6 Å². The first-order chi connectivity index (χ1) is 17.0. The molecule has 5 nitrogen and oxygen atoms in total. The van der Waals surface area contributed by atoms with E-state index >= 15 is 0 Å². The van der Waals surface area contributed by atoms with E-state index < -0.39 is 5.60 Å². The normalized spacial score (nSPS) is 18.1. The molecule has 1 N–H and O–H groups in total. The summed E-state index contributed by atoms with van der Waals surface area (Å²) in [4.78, 5) is 15.1. The van der Waals surface area contributed by atoms with Gasteiger partial charge < -0.3 is 19.7 Å². The lowest BCUT2D eigenvalue weighted by atomic mass is 9.77. The molecule has 0 aromatic heterocycles. The third-order valence-corrected chi connectivity index (χ3v) is 6.89. The van der Waals surface area contributed by atoms with Crippen molar-refractivity contribution in [3.8, 4) is 11.5 Å². The van der Waals surface area contributed by atoms with Crippen LogP contribution in [0.2, 0.25) is 0 Å². The average Bonchev–Trinajstić information content (AvgIpc) is 3.18. The predicted octanol–water partition coefficient (Wildman–Crippen LogP) is 6.49. The van der Waals surface area contributed by atoms with Crippen LogP contribution in [-0.2, 0) is 10.3 Å². The quantitative estimate of drug-likeness (QED) is 0.351. The second-order valence-electron chi connectivity index (χ2n) is 9.28. The Labute approximate surface area is 204 Å². The van der Waals surface area contributed by atoms with Crippen molar-refractivity contribution in [1.29, 1.82) is 0 Å². The maximum Gasteiger partial charge on any atom is 0.340 e. The van der Waals surface area contributed by atoms with Crippen molar-refractivity contribution in [1.82, 2.24) is 0 Å². The Bertz CT molecular complexity index is 1450. The summed E-state index contributed by atoms with van der Waals surface area (Å²) in [5.74, 6) is 1.04. The zero-order valence-electron chi connectivity index (χ0n) is 19.9. The van der Waals surface area contributed by atoms with Gasteiger partial charge in [0.1, 0.15) is 11.5 Å². The number of hydrogen-bond donors (Lipinski definition) is 1. The molecule has 0 saturated heterocycles. The minimum absolute atomic E-state index is 0.100. The molecule has 0 radical (unpaired) electrons. The SMILES string of the molecule is CC(Nc1ccc2c(c1)C1(OC(=O)c3ccccc31)c1ccc(N(C)C)cc1O2)c1ccccc1. The highest BCUT2D eigenvalue weighted by Gasteiger charge is 2.53. The van der Waals surface area contributed by atoms with E-state index in [1.54, 1.807) is 0 Å². The molecule has 2 aliphatic rings. The number of nitrogens with zero attached hydrogens (tertiary/aromatic N) is 1. The molecular formula is C30H26N2O3. The van der Waals surface area contributed by atoms with Crippen LogP contribution in [0, 0.1) is 0 Å². The summed E-state index contributed by atoms with van der Waals surface area (Å²) in [6.07, 6.45) is 0. The van der Waals surface area contributed by atoms with Crippen molar-refractivity contribution in [2.24, 2.45) is 0 Å². The van der Waals surface area contributed by atoms with Crippen LogP contribution in [-0.4, -0.2) is 20.1 Å². The minimum Gasteiger partial charge on any atom is -0.456 e. The van der Waals surface area contributed by atoms with Gasteiger partial charge in [-0.05, 0) is 48.9 Å². The van der Waals surface area contributed by atoms with E-state index in [0.717, 1.165) is 28.1 Å². The largest absolute Gasteiger partial charge is 0.456 e. The van der Waals surface area contributed by atoms with Crippen LogP contribution in [0.4, 0.5) is 11.4 Å². The van der Waals surface area contributed by atoms with Gasteiger partial charge in [-0.15, -0.1) is 0 Å². The fourth-order valence-corrected chi connectivity index (χ4v) is 5.10. The van der Waals surface area contributed by atoms with E-state index in [1.165, 1.54) is 5.56 Å². The lowest BCUT2D eigenvalue weighted by Gasteiger charge is -2.37. The molecule has 0 saturated carbocycles. The van der Waals surface area contributed by atoms with Gasteiger partial charge in [0, 0.05) is 54.3 Å². The number of hydrogen-bond acceptors (Lipinski definition) is 5. The Morgan fingerprint density at radius 1 is 0.800 bits per heavy atom. The summed E-state index contributed by atoms with van der Waals surface area (Å²) in [5, 5.41) is 3.60. The van der Waals surface area contributed by atoms with Gasteiger partial charge >= 0.3 is 5.97 Å². The van der Waals surface area contributed by atoms with Crippen LogP contribution >= 0.6 is 0 Å². The summed E-state index contributed by atoms with van der Waals surface area (Å²) >= 11 is 0. The molecule has 5 heteroatoms. The molecule has 0 fully saturated rings. The van der Waals surface area contributed by atoms with E-state index in [4.69, 9.17) is 9.47 Å². The maximum atomic E-state index is 13.1. The summed E-state index contributed by atoms with van der Waals surface area (Å²) in [5.41, 5.74) is 5.10. The van der Waals surface area contributed by atoms with Gasteiger partial charge in [0.05, 0.1) is 5.56 Å². The number of rotatable bonds is 4. The topological polar surface area (TPSA) is 50.8 Å². The molecule has 0 aliphatic carbocycles. The highest BCUT2D eigenvalue weighted by molar-refractivity contribution is 5.97. The first kappa shape index (κ1) is 21.3. The third-order valence-electron chi connectivity index (χ3n) is 6.89. The molecule has 2 unspecified atom stereocenters. The standard InChI is InChI=1S/C30H26N2O3/c1-19(20-9-5-4-6-10-20)31-21-13-16-27-26(17-21)30(24-12-8-7-11-23(24)29(33)35-30)25-15-14-22(32(2)3)18-28(25)34-27/h4-19,31H,1-3H3. The van der Waals surface area contributed by atoms with Crippen molar-refractivity contribution < 1.29 is 14.3 Å². The second-order valence-corrected chi connectivity index (χ2v) is 9.28. The van der Waals surface area contributed by atoms with Crippen LogP contribution in [0.1, 0.15) is 45.6 Å². The highest BCUT2D eigenvalue weighted by Crippen LogP contribution is 2.57. The summed E-state index contributed by atoms with van der Waals surface area (Å²) in [7, 11) is 3.98. The molecule has 174 valence electrons. The first-order valence-corrected chi connectivity index (χ1v) is 11.8. The molecular weight excluding hydrogens is 436 g/mol. The predicted molar refractivity (Wildman–Crippen MR) is 138 cm³/mol. The molecule has 2 heterocycles. The van der Waals surface area contributed by atoms with Gasteiger partial charge in [0.2, 0.25) is 0 Å². The molecule has 2 aliphatic heterocycles. The summed E-state index contributed by atoms with van der Waals surface area (Å²) in [6.45, 7) is 2.13. The smallest absolute Gasteiger partial charge is 0.340 e. The number of fused-ring (bicyclic) bond motifs is 6. The number of carbonyl (C=O) groups excluding carboxylic acids is 1. The first-order valence-electron chi connectivity index (χ1n) is 11.8. The van der Waals surface area contributed by atoms with Crippen LogP contribution in [0.5, 0.6) is 11.5 Å². The van der Waals surface area contributed by atoms with Gasteiger partial charge in [0.25, 0.3) is 0 Å². The maximum absolute atomic E-state index is 13.1. The lowest BCUT2D eigenvalue weighted by molar-refractivity contribution is 0.0224. The molecule has 0 amide bonds. The lowest BCUT2D eigenvalue weighted by Crippen LogP contribution is -2.33. The van der Waals surface area contributed by atoms with E-state index in [-0.39, 0.29) is 12.0 Å². The molecule has 0 bridgehead atoms. The van der Waals surface area contributed by atoms with Gasteiger partial charge in [-0.3, -0.25) is 0 Å². The van der Waals surface area contributed by atoms with Crippen molar-refractivity contribution in [3.05, 3.63) is 119 Å². The zero-order valence-corrected chi connectivity index (χ0v) is 19.9. The Morgan fingerprint density at radius 2 is 1.57 bits per heavy atom. The molecule has 4 aromatic carbocycles. The fraction of sp³-hybridized carbons (Fsp3) is 0.167. The van der Waals surface area contributed by atoms with Gasteiger partial charge in [-0.25, -0.2) is 4.79 Å². The number of anilines is 2. The van der Waals surface area contributed by atoms with Crippen LogP contribution in [0.15, 0.2) is 91.0 Å². The minimum atomic E-state index is -1.07. The van der Waals surface area contributed by atoms with Crippen molar-refractivity contribution in [2.75, 3.05) is 24.3 Å². The fourth-order valence-electron chi connectivity index (χ4n) is 5.10. The third kappa shape index (κ3) is 3.27. The van der Waals surface area contributed by atoms with Crippen LogP contribution < -0.4 is 15.0 Å². The Morgan fingerprint density at radius 3 is 2.37 bits per heavy atom. The van der Waals surface area contributed by atoms with Crippen LogP contribution in [0.25, 0.3) is 0 Å².